The molecule has 0 spiro atoms. The molecule has 0 saturated carbocycles. The summed E-state index contributed by atoms with van der Waals surface area (Å²) in [5.74, 6) is -1.76. The number of fused-ring (bicyclic) bond motifs is 1. The standard InChI is InChI=1S/C25H32N8O5S/c26-25-32-21-20(23(36)33-25)30-17(14-29-21)13-28-16-7-5-15(6-8-16)22(35)31-18(24(37)38)9-10-19(34)27-11-3-1-2-4-12-39/h5-8,14,18,20,28,39H,1-4,9-13H2,(H,27,34)(H,31,35)(H,37,38)(H2,26,33,36)/t18-,20?/m0/s1. The lowest BCUT2D eigenvalue weighted by Crippen LogP contribution is -2.47. The number of benzene rings is 1. The van der Waals surface area contributed by atoms with E-state index >= 15 is 0 Å². The molecule has 2 atom stereocenters. The largest absolute Gasteiger partial charge is 0.480 e. The number of thiol groups is 1. The molecule has 1 aromatic rings. The van der Waals surface area contributed by atoms with Gasteiger partial charge in [0.1, 0.15) is 6.04 Å². The first-order valence-corrected chi connectivity index (χ1v) is 13.2. The van der Waals surface area contributed by atoms with Crippen LogP contribution in [0, 0.1) is 5.41 Å². The Labute approximate surface area is 231 Å². The lowest BCUT2D eigenvalue weighted by atomic mass is 10.1. The molecule has 2 aliphatic heterocycles. The molecule has 39 heavy (non-hydrogen) atoms. The normalized spacial score (nSPS) is 16.8. The van der Waals surface area contributed by atoms with Crippen LogP contribution in [-0.2, 0) is 14.4 Å². The average Bonchev–Trinajstić information content (AvgIpc) is 2.91. The Balaban J connectivity index is 1.44. The second kappa shape index (κ2) is 14.8. The Morgan fingerprint density at radius 2 is 1.87 bits per heavy atom. The second-order valence-corrected chi connectivity index (χ2v) is 9.36. The van der Waals surface area contributed by atoms with Gasteiger partial charge in [0.2, 0.25) is 11.9 Å². The molecule has 0 radical (unpaired) electrons. The Morgan fingerprint density at radius 3 is 2.59 bits per heavy atom. The summed E-state index contributed by atoms with van der Waals surface area (Å²) in [5, 5.41) is 27.6. The van der Waals surface area contributed by atoms with Crippen LogP contribution >= 0.6 is 12.6 Å². The number of unbranched alkanes of at least 4 members (excludes halogenated alkanes) is 3. The number of carbonyl (C=O) groups excluding carboxylic acids is 3. The molecule has 0 fully saturated rings. The predicted molar refractivity (Wildman–Crippen MR) is 151 cm³/mol. The van der Waals surface area contributed by atoms with E-state index in [-0.39, 0.29) is 42.7 Å². The van der Waals surface area contributed by atoms with Crippen LogP contribution in [-0.4, -0.2) is 83.4 Å². The molecule has 13 nitrogen and oxygen atoms in total. The molecule has 208 valence electrons. The van der Waals surface area contributed by atoms with Gasteiger partial charge in [-0.25, -0.2) is 9.79 Å². The van der Waals surface area contributed by atoms with E-state index in [1.165, 1.54) is 6.21 Å². The predicted octanol–water partition coefficient (Wildman–Crippen LogP) is 1.03. The zero-order valence-corrected chi connectivity index (χ0v) is 22.2. The molecule has 0 bridgehead atoms. The maximum Gasteiger partial charge on any atom is 0.326 e. The van der Waals surface area contributed by atoms with Crippen molar-refractivity contribution in [1.29, 1.82) is 5.41 Å². The van der Waals surface area contributed by atoms with E-state index in [1.54, 1.807) is 24.3 Å². The molecule has 1 unspecified atom stereocenters. The minimum atomic E-state index is -1.21. The number of carboxylic acids is 1. The van der Waals surface area contributed by atoms with Crippen molar-refractivity contribution in [3.8, 4) is 0 Å². The summed E-state index contributed by atoms with van der Waals surface area (Å²) >= 11 is 4.16. The van der Waals surface area contributed by atoms with Crippen LogP contribution in [0.5, 0.6) is 0 Å². The molecule has 0 aliphatic carbocycles. The van der Waals surface area contributed by atoms with Crippen molar-refractivity contribution in [2.45, 2.75) is 50.6 Å². The second-order valence-electron chi connectivity index (χ2n) is 8.91. The third-order valence-electron chi connectivity index (χ3n) is 5.89. The van der Waals surface area contributed by atoms with Crippen LogP contribution in [0.15, 0.2) is 39.2 Å². The molecule has 0 aromatic heterocycles. The summed E-state index contributed by atoms with van der Waals surface area (Å²) in [6, 6.07) is 4.28. The van der Waals surface area contributed by atoms with E-state index < -0.39 is 29.9 Å². The van der Waals surface area contributed by atoms with Crippen LogP contribution < -0.4 is 21.3 Å². The number of carboxylic acid groups (broad SMARTS) is 1. The summed E-state index contributed by atoms with van der Waals surface area (Å²) in [4.78, 5) is 60.5. The number of nitrogens with zero attached hydrogens (tertiary/aromatic N) is 3. The Bertz CT molecular complexity index is 1180. The number of rotatable bonds is 15. The SMILES string of the molecule is N=C1N=C2N=CC(CNc3ccc(C(=O)N[C@@H](CCC(=O)NCCCCCCS)C(=O)O)cc3)=NC2C(=O)N1. The van der Waals surface area contributed by atoms with Gasteiger partial charge in [0, 0.05) is 24.2 Å². The van der Waals surface area contributed by atoms with Crippen LogP contribution in [0.3, 0.4) is 0 Å². The third-order valence-corrected chi connectivity index (χ3v) is 6.21. The lowest BCUT2D eigenvalue weighted by molar-refractivity contribution is -0.139. The van der Waals surface area contributed by atoms with E-state index in [9.17, 15) is 24.3 Å². The molecule has 3 rings (SSSR count). The number of carbonyl (C=O) groups is 4. The Morgan fingerprint density at radius 1 is 1.13 bits per heavy atom. The summed E-state index contributed by atoms with van der Waals surface area (Å²) < 4.78 is 0. The molecule has 1 aromatic carbocycles. The van der Waals surface area contributed by atoms with Gasteiger partial charge in [-0.1, -0.05) is 12.8 Å². The average molecular weight is 557 g/mol. The van der Waals surface area contributed by atoms with E-state index in [0.29, 0.717) is 17.9 Å². The highest BCUT2D eigenvalue weighted by atomic mass is 32.1. The minimum Gasteiger partial charge on any atom is -0.480 e. The van der Waals surface area contributed by atoms with Gasteiger partial charge in [-0.2, -0.15) is 17.6 Å². The van der Waals surface area contributed by atoms with E-state index in [1.807, 2.05) is 0 Å². The molecule has 0 saturated heterocycles. The summed E-state index contributed by atoms with van der Waals surface area (Å²) in [7, 11) is 0. The first kappa shape index (κ1) is 29.5. The van der Waals surface area contributed by atoms with Crippen molar-refractivity contribution in [2.24, 2.45) is 15.0 Å². The fourth-order valence-electron chi connectivity index (χ4n) is 3.77. The number of hydrogen-bond acceptors (Lipinski definition) is 9. The summed E-state index contributed by atoms with van der Waals surface area (Å²) in [6.07, 6.45) is 5.36. The monoisotopic (exact) mass is 556 g/mol. The zero-order chi connectivity index (χ0) is 28.2. The maximum absolute atomic E-state index is 12.6. The van der Waals surface area contributed by atoms with Gasteiger partial charge in [-0.05, 0) is 49.3 Å². The molecule has 6 N–H and O–H groups in total. The van der Waals surface area contributed by atoms with E-state index in [2.05, 4.69) is 48.9 Å². The van der Waals surface area contributed by atoms with Crippen LogP contribution in [0.4, 0.5) is 5.69 Å². The molecule has 2 heterocycles. The van der Waals surface area contributed by atoms with Crippen molar-refractivity contribution in [3.05, 3.63) is 29.8 Å². The smallest absolute Gasteiger partial charge is 0.326 e. The van der Waals surface area contributed by atoms with Gasteiger partial charge in [-0.15, -0.1) is 0 Å². The number of nitrogens with one attached hydrogen (secondary N) is 5. The first-order valence-electron chi connectivity index (χ1n) is 12.6. The van der Waals surface area contributed by atoms with Crippen molar-refractivity contribution < 1.29 is 24.3 Å². The quantitative estimate of drug-likeness (QED) is 0.124. The van der Waals surface area contributed by atoms with Crippen molar-refractivity contribution in [2.75, 3.05) is 24.2 Å². The number of anilines is 1. The number of guanidine groups is 1. The fourth-order valence-corrected chi connectivity index (χ4v) is 3.99. The van der Waals surface area contributed by atoms with Crippen molar-refractivity contribution in [3.63, 3.8) is 0 Å². The van der Waals surface area contributed by atoms with Crippen LogP contribution in [0.1, 0.15) is 48.9 Å². The van der Waals surface area contributed by atoms with Gasteiger partial charge in [0.25, 0.3) is 11.8 Å². The molecule has 3 amide bonds. The number of amidine groups is 1. The van der Waals surface area contributed by atoms with Gasteiger partial charge in [0.15, 0.2) is 11.9 Å². The minimum absolute atomic E-state index is 0.0116. The Kier molecular flexibility index (Phi) is 11.2. The fraction of sp³-hybridized carbons (Fsp3) is 0.440. The topological polar surface area (TPSA) is 198 Å². The number of aliphatic carboxylic acids is 1. The molecule has 2 aliphatic rings. The number of aliphatic imine (C=N–C) groups is 3. The van der Waals surface area contributed by atoms with Gasteiger partial charge in [-0.3, -0.25) is 30.1 Å². The van der Waals surface area contributed by atoms with Crippen LogP contribution in [0.25, 0.3) is 0 Å². The lowest BCUT2D eigenvalue weighted by Gasteiger charge is -2.21. The summed E-state index contributed by atoms with van der Waals surface area (Å²) in [5.41, 5.74) is 1.43. The Hall–Kier alpha value is -4.07. The molecular weight excluding hydrogens is 524 g/mol. The highest BCUT2D eigenvalue weighted by Gasteiger charge is 2.31. The van der Waals surface area contributed by atoms with Crippen molar-refractivity contribution >= 4 is 65.7 Å². The van der Waals surface area contributed by atoms with Gasteiger partial charge in [0.05, 0.1) is 18.5 Å². The van der Waals surface area contributed by atoms with Gasteiger partial charge >= 0.3 is 5.97 Å². The first-order chi connectivity index (χ1) is 18.8. The maximum atomic E-state index is 12.6. The summed E-state index contributed by atoms with van der Waals surface area (Å²) in [6.45, 7) is 0.787. The highest BCUT2D eigenvalue weighted by molar-refractivity contribution is 7.80. The van der Waals surface area contributed by atoms with E-state index in [0.717, 1.165) is 31.4 Å². The number of amides is 3. The molecule has 14 heteroatoms. The zero-order valence-electron chi connectivity index (χ0n) is 21.3. The van der Waals surface area contributed by atoms with E-state index in [4.69, 9.17) is 5.41 Å². The molecular formula is C25H32N8O5S. The van der Waals surface area contributed by atoms with Crippen LogP contribution in [0.2, 0.25) is 0 Å². The van der Waals surface area contributed by atoms with Crippen molar-refractivity contribution in [1.82, 2.24) is 16.0 Å². The number of hydrogen-bond donors (Lipinski definition) is 7. The third kappa shape index (κ3) is 9.32. The highest BCUT2D eigenvalue weighted by Crippen LogP contribution is 2.12. The van der Waals surface area contributed by atoms with Gasteiger partial charge < -0.3 is 21.1 Å².